The summed E-state index contributed by atoms with van der Waals surface area (Å²) in [7, 11) is 0. The van der Waals surface area contributed by atoms with E-state index in [-0.39, 0.29) is 18.3 Å². The summed E-state index contributed by atoms with van der Waals surface area (Å²) in [5, 5.41) is 7.15. The number of piperidine rings is 1. The predicted octanol–water partition coefficient (Wildman–Crippen LogP) is 2.91. The monoisotopic (exact) mass is 316 g/mol. The van der Waals surface area contributed by atoms with Crippen LogP contribution in [0.25, 0.3) is 0 Å². The molecule has 0 saturated carbocycles. The van der Waals surface area contributed by atoms with Crippen LogP contribution in [0.3, 0.4) is 0 Å². The van der Waals surface area contributed by atoms with Crippen molar-refractivity contribution in [2.24, 2.45) is 0 Å². The molecule has 2 N–H and O–H groups in total. The number of benzene rings is 1. The Labute approximate surface area is 131 Å². The van der Waals surface area contributed by atoms with E-state index in [1.165, 1.54) is 0 Å². The Balaban J connectivity index is 0.00000200. The molecule has 1 aliphatic rings. The predicted molar refractivity (Wildman–Crippen MR) is 85.8 cm³/mol. The molecule has 0 bridgehead atoms. The standard InChI is InChI=1S/C15H21ClN2O.ClH/c1-15(2,11-3-5-12(16)6-4-11)14(19)18-13-7-9-17-10-8-13;/h3-6,13,17H,7-10H2,1-2H3,(H,18,19);1H. The molecule has 1 saturated heterocycles. The third kappa shape index (κ3) is 4.11. The highest BCUT2D eigenvalue weighted by Gasteiger charge is 2.31. The number of rotatable bonds is 3. The zero-order valence-corrected chi connectivity index (χ0v) is 13.5. The van der Waals surface area contributed by atoms with Crippen molar-refractivity contribution in [2.45, 2.75) is 38.1 Å². The van der Waals surface area contributed by atoms with Gasteiger partial charge in [0.2, 0.25) is 5.91 Å². The van der Waals surface area contributed by atoms with Gasteiger partial charge >= 0.3 is 0 Å². The third-order valence-electron chi connectivity index (χ3n) is 3.81. The molecular formula is C15H22Cl2N2O. The molecule has 1 heterocycles. The van der Waals surface area contributed by atoms with E-state index in [0.29, 0.717) is 11.1 Å². The lowest BCUT2D eigenvalue weighted by molar-refractivity contribution is -0.126. The summed E-state index contributed by atoms with van der Waals surface area (Å²) in [4.78, 5) is 12.5. The van der Waals surface area contributed by atoms with E-state index in [1.54, 1.807) is 0 Å². The fraction of sp³-hybridized carbons (Fsp3) is 0.533. The minimum atomic E-state index is -0.532. The number of hydrogen-bond donors (Lipinski definition) is 2. The highest BCUT2D eigenvalue weighted by molar-refractivity contribution is 6.30. The maximum atomic E-state index is 12.5. The van der Waals surface area contributed by atoms with Gasteiger partial charge in [-0.2, -0.15) is 0 Å². The van der Waals surface area contributed by atoms with Gasteiger partial charge in [-0.1, -0.05) is 23.7 Å². The summed E-state index contributed by atoms with van der Waals surface area (Å²) in [5.74, 6) is 0.0849. The van der Waals surface area contributed by atoms with Gasteiger partial charge in [0, 0.05) is 11.1 Å². The second kappa shape index (κ2) is 7.30. The molecule has 0 spiro atoms. The SMILES string of the molecule is CC(C)(C(=O)NC1CCNCC1)c1ccc(Cl)cc1.Cl. The second-order valence-corrected chi connectivity index (χ2v) is 6.07. The lowest BCUT2D eigenvalue weighted by Crippen LogP contribution is -2.48. The summed E-state index contributed by atoms with van der Waals surface area (Å²) in [6.45, 7) is 5.86. The van der Waals surface area contributed by atoms with Crippen molar-refractivity contribution in [3.63, 3.8) is 0 Å². The van der Waals surface area contributed by atoms with Crippen molar-refractivity contribution in [3.8, 4) is 0 Å². The summed E-state index contributed by atoms with van der Waals surface area (Å²) in [6.07, 6.45) is 2.00. The summed E-state index contributed by atoms with van der Waals surface area (Å²) < 4.78 is 0. The molecule has 2 rings (SSSR count). The molecule has 0 radical (unpaired) electrons. The van der Waals surface area contributed by atoms with Crippen LogP contribution in [-0.2, 0) is 10.2 Å². The minimum Gasteiger partial charge on any atom is -0.353 e. The van der Waals surface area contributed by atoms with Crippen LogP contribution in [0.15, 0.2) is 24.3 Å². The Bertz CT molecular complexity index is 440. The first-order valence-electron chi connectivity index (χ1n) is 6.78. The van der Waals surface area contributed by atoms with Crippen LogP contribution in [0.5, 0.6) is 0 Å². The normalized spacial score (nSPS) is 16.4. The highest BCUT2D eigenvalue weighted by atomic mass is 35.5. The molecule has 1 aromatic rings. The van der Waals surface area contributed by atoms with Gasteiger partial charge in [-0.25, -0.2) is 0 Å². The zero-order valence-electron chi connectivity index (χ0n) is 11.9. The molecular weight excluding hydrogens is 295 g/mol. The molecule has 0 unspecified atom stereocenters. The first-order valence-corrected chi connectivity index (χ1v) is 7.15. The van der Waals surface area contributed by atoms with Gasteiger partial charge in [0.1, 0.15) is 0 Å². The van der Waals surface area contributed by atoms with Crippen LogP contribution in [0.4, 0.5) is 0 Å². The number of carbonyl (C=O) groups excluding carboxylic acids is 1. The lowest BCUT2D eigenvalue weighted by atomic mass is 9.83. The Morgan fingerprint density at radius 3 is 2.35 bits per heavy atom. The Morgan fingerprint density at radius 2 is 1.80 bits per heavy atom. The molecule has 1 fully saturated rings. The van der Waals surface area contributed by atoms with Crippen molar-refractivity contribution in [3.05, 3.63) is 34.9 Å². The van der Waals surface area contributed by atoms with Crippen molar-refractivity contribution < 1.29 is 4.79 Å². The smallest absolute Gasteiger partial charge is 0.230 e. The maximum Gasteiger partial charge on any atom is 0.230 e. The van der Waals surface area contributed by atoms with Crippen molar-refractivity contribution in [2.75, 3.05) is 13.1 Å². The van der Waals surface area contributed by atoms with E-state index in [9.17, 15) is 4.79 Å². The van der Waals surface area contributed by atoms with E-state index >= 15 is 0 Å². The van der Waals surface area contributed by atoms with Gasteiger partial charge in [-0.15, -0.1) is 12.4 Å². The van der Waals surface area contributed by atoms with Crippen molar-refractivity contribution in [1.29, 1.82) is 0 Å². The van der Waals surface area contributed by atoms with Gasteiger partial charge < -0.3 is 10.6 Å². The highest BCUT2D eigenvalue weighted by Crippen LogP contribution is 2.25. The number of hydrogen-bond acceptors (Lipinski definition) is 2. The topological polar surface area (TPSA) is 41.1 Å². The van der Waals surface area contributed by atoms with Crippen LogP contribution in [0.1, 0.15) is 32.3 Å². The number of halogens is 2. The van der Waals surface area contributed by atoms with Crippen LogP contribution in [-0.4, -0.2) is 25.0 Å². The summed E-state index contributed by atoms with van der Waals surface area (Å²) in [5.41, 5.74) is 0.457. The molecule has 112 valence electrons. The first-order chi connectivity index (χ1) is 9.00. The molecule has 5 heteroatoms. The number of nitrogens with one attached hydrogen (secondary N) is 2. The largest absolute Gasteiger partial charge is 0.353 e. The lowest BCUT2D eigenvalue weighted by Gasteiger charge is -2.30. The van der Waals surface area contributed by atoms with Gasteiger partial charge in [-0.05, 0) is 57.5 Å². The van der Waals surface area contributed by atoms with Crippen LogP contribution >= 0.6 is 24.0 Å². The average molecular weight is 317 g/mol. The summed E-state index contributed by atoms with van der Waals surface area (Å²) in [6, 6.07) is 7.79. The minimum absolute atomic E-state index is 0. The van der Waals surface area contributed by atoms with E-state index < -0.39 is 5.41 Å². The molecule has 1 aliphatic heterocycles. The van der Waals surface area contributed by atoms with Gasteiger partial charge in [0.25, 0.3) is 0 Å². The fourth-order valence-corrected chi connectivity index (χ4v) is 2.46. The Hall–Kier alpha value is -0.770. The van der Waals surface area contributed by atoms with Crippen LogP contribution in [0, 0.1) is 0 Å². The van der Waals surface area contributed by atoms with Gasteiger partial charge in [0.15, 0.2) is 0 Å². The van der Waals surface area contributed by atoms with E-state index in [0.717, 1.165) is 31.5 Å². The molecule has 1 amide bonds. The van der Waals surface area contributed by atoms with E-state index in [1.807, 2.05) is 38.1 Å². The maximum absolute atomic E-state index is 12.5. The Kier molecular flexibility index (Phi) is 6.31. The van der Waals surface area contributed by atoms with Gasteiger partial charge in [0.05, 0.1) is 5.41 Å². The number of amides is 1. The fourth-order valence-electron chi connectivity index (χ4n) is 2.33. The molecule has 1 aromatic carbocycles. The quantitative estimate of drug-likeness (QED) is 0.900. The third-order valence-corrected chi connectivity index (χ3v) is 4.06. The molecule has 20 heavy (non-hydrogen) atoms. The van der Waals surface area contributed by atoms with E-state index in [2.05, 4.69) is 10.6 Å². The molecule has 0 aromatic heterocycles. The summed E-state index contributed by atoms with van der Waals surface area (Å²) >= 11 is 5.89. The molecule has 0 aliphatic carbocycles. The van der Waals surface area contributed by atoms with Crippen molar-refractivity contribution in [1.82, 2.24) is 10.6 Å². The number of carbonyl (C=O) groups is 1. The van der Waals surface area contributed by atoms with Gasteiger partial charge in [-0.3, -0.25) is 4.79 Å². The van der Waals surface area contributed by atoms with E-state index in [4.69, 9.17) is 11.6 Å². The molecule has 0 atom stereocenters. The van der Waals surface area contributed by atoms with Crippen molar-refractivity contribution >= 4 is 29.9 Å². The molecule has 3 nitrogen and oxygen atoms in total. The second-order valence-electron chi connectivity index (χ2n) is 5.63. The first kappa shape index (κ1) is 17.3. The van der Waals surface area contributed by atoms with Crippen LogP contribution < -0.4 is 10.6 Å². The average Bonchev–Trinajstić information content (AvgIpc) is 2.40. The Morgan fingerprint density at radius 1 is 1.25 bits per heavy atom. The van der Waals surface area contributed by atoms with Crippen LogP contribution in [0.2, 0.25) is 5.02 Å². The zero-order chi connectivity index (χ0) is 13.9.